The molecule has 0 saturated carbocycles. The highest BCUT2D eigenvalue weighted by Crippen LogP contribution is 2.09. The van der Waals surface area contributed by atoms with Crippen molar-refractivity contribution < 1.29 is 0 Å². The SMILES string of the molecule is C=CCCCCCCCCC=CCC(C)C. The summed E-state index contributed by atoms with van der Waals surface area (Å²) in [6.45, 7) is 8.28. The first-order chi connectivity index (χ1) is 7.77. The van der Waals surface area contributed by atoms with Crippen LogP contribution in [0.15, 0.2) is 24.8 Å². The molecule has 0 aromatic rings. The fourth-order valence-electron chi connectivity index (χ4n) is 1.74. The number of rotatable bonds is 11. The van der Waals surface area contributed by atoms with E-state index in [9.17, 15) is 0 Å². The van der Waals surface area contributed by atoms with Crippen LogP contribution < -0.4 is 0 Å². The van der Waals surface area contributed by atoms with Gasteiger partial charge < -0.3 is 0 Å². The van der Waals surface area contributed by atoms with Gasteiger partial charge in [0.1, 0.15) is 0 Å². The maximum atomic E-state index is 3.74. The van der Waals surface area contributed by atoms with Crippen molar-refractivity contribution in [2.24, 2.45) is 5.92 Å². The zero-order valence-electron chi connectivity index (χ0n) is 11.4. The van der Waals surface area contributed by atoms with Crippen LogP contribution in [-0.2, 0) is 0 Å². The standard InChI is InChI=1S/C16H30/c1-4-5-6-7-8-9-10-11-12-13-14-15-16(2)3/h4,13-14,16H,1,5-12,15H2,2-3H3. The second-order valence-electron chi connectivity index (χ2n) is 5.09. The van der Waals surface area contributed by atoms with Crippen molar-refractivity contribution in [1.29, 1.82) is 0 Å². The van der Waals surface area contributed by atoms with E-state index in [4.69, 9.17) is 0 Å². The van der Waals surface area contributed by atoms with Crippen LogP contribution in [0, 0.1) is 5.92 Å². The van der Waals surface area contributed by atoms with E-state index in [2.05, 4.69) is 32.6 Å². The first-order valence-electron chi connectivity index (χ1n) is 7.03. The van der Waals surface area contributed by atoms with Crippen LogP contribution in [0.4, 0.5) is 0 Å². The van der Waals surface area contributed by atoms with Gasteiger partial charge in [-0.2, -0.15) is 0 Å². The van der Waals surface area contributed by atoms with Gasteiger partial charge in [-0.3, -0.25) is 0 Å². The summed E-state index contributed by atoms with van der Waals surface area (Å²) in [7, 11) is 0. The van der Waals surface area contributed by atoms with Crippen molar-refractivity contribution in [2.45, 2.75) is 71.6 Å². The van der Waals surface area contributed by atoms with E-state index in [1.165, 1.54) is 57.8 Å². The van der Waals surface area contributed by atoms with Gasteiger partial charge in [0.15, 0.2) is 0 Å². The van der Waals surface area contributed by atoms with Crippen molar-refractivity contribution in [3.8, 4) is 0 Å². The van der Waals surface area contributed by atoms with Crippen molar-refractivity contribution in [1.82, 2.24) is 0 Å². The minimum atomic E-state index is 0.807. The largest absolute Gasteiger partial charge is 0.103 e. The summed E-state index contributed by atoms with van der Waals surface area (Å²) in [6, 6.07) is 0. The van der Waals surface area contributed by atoms with E-state index in [-0.39, 0.29) is 0 Å². The molecule has 0 aliphatic rings. The van der Waals surface area contributed by atoms with Gasteiger partial charge in [-0.05, 0) is 38.0 Å². The van der Waals surface area contributed by atoms with Crippen LogP contribution in [0.2, 0.25) is 0 Å². The molecule has 94 valence electrons. The third kappa shape index (κ3) is 13.5. The van der Waals surface area contributed by atoms with Crippen molar-refractivity contribution in [3.63, 3.8) is 0 Å². The van der Waals surface area contributed by atoms with Gasteiger partial charge in [0.2, 0.25) is 0 Å². The Labute approximate surface area is 103 Å². The average molecular weight is 222 g/mol. The highest BCUT2D eigenvalue weighted by Gasteiger charge is 1.90. The molecular weight excluding hydrogens is 192 g/mol. The highest BCUT2D eigenvalue weighted by atomic mass is 14.0. The third-order valence-corrected chi connectivity index (χ3v) is 2.80. The molecule has 0 fully saturated rings. The van der Waals surface area contributed by atoms with Gasteiger partial charge >= 0.3 is 0 Å². The summed E-state index contributed by atoms with van der Waals surface area (Å²) in [4.78, 5) is 0. The molecule has 0 aromatic carbocycles. The Bertz CT molecular complexity index is 165. The Balaban J connectivity index is 3.03. The maximum Gasteiger partial charge on any atom is -0.0327 e. The second-order valence-corrected chi connectivity index (χ2v) is 5.09. The maximum absolute atomic E-state index is 3.74. The molecule has 0 aliphatic heterocycles. The van der Waals surface area contributed by atoms with Crippen molar-refractivity contribution in [3.05, 3.63) is 24.8 Å². The first-order valence-corrected chi connectivity index (χ1v) is 7.03. The van der Waals surface area contributed by atoms with Gasteiger partial charge in [-0.25, -0.2) is 0 Å². The average Bonchev–Trinajstić information content (AvgIpc) is 2.25. The van der Waals surface area contributed by atoms with E-state index in [0.29, 0.717) is 0 Å². The minimum absolute atomic E-state index is 0.807. The lowest BCUT2D eigenvalue weighted by atomic mass is 10.1. The lowest BCUT2D eigenvalue weighted by Crippen LogP contribution is -1.82. The molecule has 0 atom stereocenters. The quantitative estimate of drug-likeness (QED) is 0.302. The molecule has 0 unspecified atom stereocenters. The summed E-state index contributed by atoms with van der Waals surface area (Å²) in [5.41, 5.74) is 0. The molecule has 0 aliphatic carbocycles. The molecule has 0 aromatic heterocycles. The lowest BCUT2D eigenvalue weighted by molar-refractivity contribution is 0.599. The summed E-state index contributed by atoms with van der Waals surface area (Å²) in [6.07, 6.45) is 18.7. The van der Waals surface area contributed by atoms with Gasteiger partial charge in [0.25, 0.3) is 0 Å². The number of hydrogen-bond acceptors (Lipinski definition) is 0. The number of unbranched alkanes of at least 4 members (excludes halogenated alkanes) is 7. The molecule has 0 heterocycles. The zero-order valence-corrected chi connectivity index (χ0v) is 11.4. The molecule has 0 nitrogen and oxygen atoms in total. The Morgan fingerprint density at radius 2 is 1.38 bits per heavy atom. The van der Waals surface area contributed by atoms with E-state index in [1.807, 2.05) is 6.08 Å². The number of hydrogen-bond donors (Lipinski definition) is 0. The molecule has 0 rings (SSSR count). The third-order valence-electron chi connectivity index (χ3n) is 2.80. The molecule has 16 heavy (non-hydrogen) atoms. The fourth-order valence-corrected chi connectivity index (χ4v) is 1.74. The van der Waals surface area contributed by atoms with E-state index in [0.717, 1.165) is 5.92 Å². The van der Waals surface area contributed by atoms with E-state index < -0.39 is 0 Å². The zero-order chi connectivity index (χ0) is 12.1. The highest BCUT2D eigenvalue weighted by molar-refractivity contribution is 4.82. The number of allylic oxidation sites excluding steroid dienone is 3. The van der Waals surface area contributed by atoms with Gasteiger partial charge in [-0.15, -0.1) is 6.58 Å². The molecule has 0 radical (unpaired) electrons. The van der Waals surface area contributed by atoms with Crippen LogP contribution in [0.25, 0.3) is 0 Å². The van der Waals surface area contributed by atoms with Crippen molar-refractivity contribution >= 4 is 0 Å². The predicted molar refractivity (Wildman–Crippen MR) is 75.7 cm³/mol. The molecule has 0 amide bonds. The Morgan fingerprint density at radius 3 is 1.94 bits per heavy atom. The summed E-state index contributed by atoms with van der Waals surface area (Å²) in [5.74, 6) is 0.807. The molecule has 0 saturated heterocycles. The topological polar surface area (TPSA) is 0 Å². The van der Waals surface area contributed by atoms with Crippen LogP contribution in [-0.4, -0.2) is 0 Å². The lowest BCUT2D eigenvalue weighted by Gasteiger charge is -1.99. The summed E-state index contributed by atoms with van der Waals surface area (Å²) < 4.78 is 0. The Kier molecular flexibility index (Phi) is 12.1. The van der Waals surface area contributed by atoms with Crippen LogP contribution in [0.3, 0.4) is 0 Å². The van der Waals surface area contributed by atoms with Crippen LogP contribution in [0.1, 0.15) is 71.6 Å². The van der Waals surface area contributed by atoms with Gasteiger partial charge in [0.05, 0.1) is 0 Å². The van der Waals surface area contributed by atoms with E-state index in [1.54, 1.807) is 0 Å². The monoisotopic (exact) mass is 222 g/mol. The first kappa shape index (κ1) is 15.5. The molecule has 0 heteroatoms. The second kappa shape index (κ2) is 12.5. The Hall–Kier alpha value is -0.520. The summed E-state index contributed by atoms with van der Waals surface area (Å²) >= 11 is 0. The van der Waals surface area contributed by atoms with Crippen LogP contribution in [0.5, 0.6) is 0 Å². The fraction of sp³-hybridized carbons (Fsp3) is 0.750. The minimum Gasteiger partial charge on any atom is -0.103 e. The Morgan fingerprint density at radius 1 is 0.812 bits per heavy atom. The molecule has 0 bridgehead atoms. The summed E-state index contributed by atoms with van der Waals surface area (Å²) in [5, 5.41) is 0. The van der Waals surface area contributed by atoms with E-state index >= 15 is 0 Å². The normalized spacial score (nSPS) is 11.4. The van der Waals surface area contributed by atoms with Crippen LogP contribution >= 0.6 is 0 Å². The smallest absolute Gasteiger partial charge is 0.0327 e. The van der Waals surface area contributed by atoms with Gasteiger partial charge in [0, 0.05) is 0 Å². The van der Waals surface area contributed by atoms with Gasteiger partial charge in [-0.1, -0.05) is 57.8 Å². The predicted octanol–water partition coefficient (Wildman–Crippen LogP) is 5.90. The molecular formula is C16H30. The molecule has 0 spiro atoms. The molecule has 0 N–H and O–H groups in total. The van der Waals surface area contributed by atoms with Crippen molar-refractivity contribution in [2.75, 3.05) is 0 Å².